The fraction of sp³-hybridized carbons (Fsp3) is 0.706. The number of nitrogens with zero attached hydrogens (tertiary/aromatic N) is 3. The molecule has 0 bridgehead atoms. The van der Waals surface area contributed by atoms with Crippen molar-refractivity contribution in [2.75, 3.05) is 26.2 Å². The summed E-state index contributed by atoms with van der Waals surface area (Å²) < 4.78 is 0. The third-order valence-corrected chi connectivity index (χ3v) is 5.86. The van der Waals surface area contributed by atoms with Crippen LogP contribution in [0.5, 0.6) is 0 Å². The van der Waals surface area contributed by atoms with E-state index in [4.69, 9.17) is 0 Å². The summed E-state index contributed by atoms with van der Waals surface area (Å²) in [5.74, 6) is 0.686. The molecule has 0 aromatic carbocycles. The molecule has 1 aliphatic carbocycles. The lowest BCUT2D eigenvalue weighted by Gasteiger charge is -2.31. The van der Waals surface area contributed by atoms with Gasteiger partial charge in [-0.3, -0.25) is 9.59 Å². The van der Waals surface area contributed by atoms with Crippen molar-refractivity contribution in [1.29, 1.82) is 0 Å². The highest BCUT2D eigenvalue weighted by Gasteiger charge is 2.31. The van der Waals surface area contributed by atoms with Gasteiger partial charge in [-0.05, 0) is 33.1 Å². The maximum Gasteiger partial charge on any atom is 0.228 e. The summed E-state index contributed by atoms with van der Waals surface area (Å²) in [5, 5.41) is 1.01. The van der Waals surface area contributed by atoms with Crippen molar-refractivity contribution in [3.05, 3.63) is 15.6 Å². The van der Waals surface area contributed by atoms with E-state index in [0.717, 1.165) is 47.9 Å². The number of hydrogen-bond donors (Lipinski definition) is 0. The lowest BCUT2D eigenvalue weighted by molar-refractivity contribution is -0.138. The topological polar surface area (TPSA) is 53.5 Å². The normalized spacial score (nSPS) is 19.4. The van der Waals surface area contributed by atoms with Crippen LogP contribution in [0.2, 0.25) is 0 Å². The molecule has 1 saturated carbocycles. The van der Waals surface area contributed by atoms with Crippen molar-refractivity contribution in [2.45, 2.75) is 46.0 Å². The average Bonchev–Trinajstić information content (AvgIpc) is 2.66. The first-order chi connectivity index (χ1) is 11.0. The molecule has 0 atom stereocenters. The van der Waals surface area contributed by atoms with Crippen LogP contribution in [-0.2, 0) is 16.0 Å². The maximum absolute atomic E-state index is 12.5. The number of carbonyl (C=O) groups excluding carboxylic acids is 2. The Morgan fingerprint density at radius 1 is 1.09 bits per heavy atom. The van der Waals surface area contributed by atoms with E-state index < -0.39 is 0 Å². The van der Waals surface area contributed by atoms with Crippen molar-refractivity contribution in [1.82, 2.24) is 14.8 Å². The quantitative estimate of drug-likeness (QED) is 0.850. The minimum absolute atomic E-state index is 0.136. The van der Waals surface area contributed by atoms with E-state index in [9.17, 15) is 9.59 Å². The van der Waals surface area contributed by atoms with Gasteiger partial charge in [0.1, 0.15) is 0 Å². The Morgan fingerprint density at radius 2 is 1.78 bits per heavy atom. The van der Waals surface area contributed by atoms with Crippen LogP contribution in [0.4, 0.5) is 0 Å². The molecule has 6 heteroatoms. The SMILES string of the molecule is Cc1nc(CC(=O)N2CCCN(C(=O)C3CCC3)CC2)c(C)s1. The summed E-state index contributed by atoms with van der Waals surface area (Å²) in [4.78, 5) is 34.4. The summed E-state index contributed by atoms with van der Waals surface area (Å²) in [5.41, 5.74) is 0.907. The number of amides is 2. The summed E-state index contributed by atoms with van der Waals surface area (Å²) in [6, 6.07) is 0. The minimum Gasteiger partial charge on any atom is -0.341 e. The predicted octanol–water partition coefficient (Wildman–Crippen LogP) is 2.16. The Labute approximate surface area is 141 Å². The number of aromatic nitrogens is 1. The molecule has 2 aliphatic rings. The molecule has 0 N–H and O–H groups in total. The lowest BCUT2D eigenvalue weighted by atomic mass is 9.84. The van der Waals surface area contributed by atoms with Gasteiger partial charge in [-0.1, -0.05) is 6.42 Å². The van der Waals surface area contributed by atoms with Crippen molar-refractivity contribution >= 4 is 23.2 Å². The monoisotopic (exact) mass is 335 g/mol. The van der Waals surface area contributed by atoms with Gasteiger partial charge in [0.05, 0.1) is 17.1 Å². The molecule has 2 heterocycles. The van der Waals surface area contributed by atoms with Crippen LogP contribution < -0.4 is 0 Å². The molecule has 1 aromatic rings. The molecule has 126 valence electrons. The Kier molecular flexibility index (Phi) is 4.99. The molecule has 2 amide bonds. The van der Waals surface area contributed by atoms with Crippen LogP contribution in [0.25, 0.3) is 0 Å². The second-order valence-electron chi connectivity index (χ2n) is 6.60. The molecule has 0 spiro atoms. The van der Waals surface area contributed by atoms with Gasteiger partial charge in [0.25, 0.3) is 0 Å². The van der Waals surface area contributed by atoms with Crippen LogP contribution in [-0.4, -0.2) is 52.8 Å². The molecule has 0 radical (unpaired) electrons. The van der Waals surface area contributed by atoms with Crippen LogP contribution >= 0.6 is 11.3 Å². The van der Waals surface area contributed by atoms with Gasteiger partial charge in [0.2, 0.25) is 11.8 Å². The maximum atomic E-state index is 12.5. The van der Waals surface area contributed by atoms with Gasteiger partial charge < -0.3 is 9.80 Å². The zero-order valence-electron chi connectivity index (χ0n) is 14.0. The van der Waals surface area contributed by atoms with E-state index in [1.165, 1.54) is 6.42 Å². The van der Waals surface area contributed by atoms with Crippen LogP contribution in [0.1, 0.15) is 41.3 Å². The molecule has 2 fully saturated rings. The minimum atomic E-state index is 0.136. The third kappa shape index (κ3) is 3.74. The van der Waals surface area contributed by atoms with Crippen molar-refractivity contribution in [3.8, 4) is 0 Å². The number of aryl methyl sites for hydroxylation is 2. The van der Waals surface area contributed by atoms with Crippen molar-refractivity contribution in [3.63, 3.8) is 0 Å². The summed E-state index contributed by atoms with van der Waals surface area (Å²) in [6.45, 7) is 6.86. The molecule has 0 unspecified atom stereocenters. The Hall–Kier alpha value is -1.43. The van der Waals surface area contributed by atoms with E-state index in [-0.39, 0.29) is 11.8 Å². The number of rotatable bonds is 3. The second kappa shape index (κ2) is 6.99. The third-order valence-electron chi connectivity index (χ3n) is 4.93. The summed E-state index contributed by atoms with van der Waals surface area (Å²) in [7, 11) is 0. The summed E-state index contributed by atoms with van der Waals surface area (Å²) in [6.07, 6.45) is 4.52. The number of carbonyl (C=O) groups is 2. The zero-order chi connectivity index (χ0) is 16.4. The van der Waals surface area contributed by atoms with E-state index in [1.54, 1.807) is 11.3 Å². The van der Waals surface area contributed by atoms with E-state index in [1.807, 2.05) is 23.6 Å². The largest absolute Gasteiger partial charge is 0.341 e. The first kappa shape index (κ1) is 16.4. The molecule has 23 heavy (non-hydrogen) atoms. The standard InChI is InChI=1S/C17H25N3O2S/c1-12-15(18-13(2)23-12)11-16(21)19-7-4-8-20(10-9-19)17(22)14-5-3-6-14/h14H,3-11H2,1-2H3. The second-order valence-corrected chi connectivity index (χ2v) is 8.01. The average molecular weight is 335 g/mol. The zero-order valence-corrected chi connectivity index (χ0v) is 14.8. The summed E-state index contributed by atoms with van der Waals surface area (Å²) >= 11 is 1.64. The van der Waals surface area contributed by atoms with Gasteiger partial charge >= 0.3 is 0 Å². The number of thiazole rings is 1. The van der Waals surface area contributed by atoms with E-state index in [2.05, 4.69) is 4.98 Å². The smallest absolute Gasteiger partial charge is 0.228 e. The van der Waals surface area contributed by atoms with E-state index >= 15 is 0 Å². The Morgan fingerprint density at radius 3 is 2.39 bits per heavy atom. The van der Waals surface area contributed by atoms with Crippen molar-refractivity contribution < 1.29 is 9.59 Å². The Bertz CT molecular complexity index is 595. The van der Waals surface area contributed by atoms with Gasteiger partial charge in [0.15, 0.2) is 0 Å². The van der Waals surface area contributed by atoms with Gasteiger partial charge in [0, 0.05) is 37.0 Å². The molecule has 1 aliphatic heterocycles. The molecule has 3 rings (SSSR count). The molecule has 5 nitrogen and oxygen atoms in total. The van der Waals surface area contributed by atoms with Crippen LogP contribution in [0, 0.1) is 19.8 Å². The molecular weight excluding hydrogens is 310 g/mol. The Balaban J connectivity index is 1.55. The molecule has 1 saturated heterocycles. The van der Waals surface area contributed by atoms with Gasteiger partial charge in [-0.25, -0.2) is 4.98 Å². The fourth-order valence-electron chi connectivity index (χ4n) is 3.29. The van der Waals surface area contributed by atoms with Crippen LogP contribution in [0.15, 0.2) is 0 Å². The van der Waals surface area contributed by atoms with Crippen LogP contribution in [0.3, 0.4) is 0 Å². The first-order valence-corrected chi connectivity index (χ1v) is 9.35. The first-order valence-electron chi connectivity index (χ1n) is 8.54. The molecular formula is C17H25N3O2S. The highest BCUT2D eigenvalue weighted by atomic mass is 32.1. The lowest BCUT2D eigenvalue weighted by Crippen LogP contribution is -2.41. The number of hydrogen-bond acceptors (Lipinski definition) is 4. The van der Waals surface area contributed by atoms with Crippen molar-refractivity contribution in [2.24, 2.45) is 5.92 Å². The molecule has 1 aromatic heterocycles. The van der Waals surface area contributed by atoms with Gasteiger partial charge in [-0.2, -0.15) is 0 Å². The van der Waals surface area contributed by atoms with E-state index in [0.29, 0.717) is 25.4 Å². The highest BCUT2D eigenvalue weighted by molar-refractivity contribution is 7.11. The predicted molar refractivity (Wildman–Crippen MR) is 90.4 cm³/mol. The van der Waals surface area contributed by atoms with Gasteiger partial charge in [-0.15, -0.1) is 11.3 Å². The fourth-order valence-corrected chi connectivity index (χ4v) is 4.13. The highest BCUT2D eigenvalue weighted by Crippen LogP contribution is 2.28.